The average molecular weight is 589 g/mol. The topological polar surface area (TPSA) is 106 Å². The molecule has 214 valence electrons. The van der Waals surface area contributed by atoms with Crippen molar-refractivity contribution in [1.29, 1.82) is 0 Å². The molecule has 8 nitrogen and oxygen atoms in total. The standard InChI is InChI=1S/C25H23ClF6N6O2/c26-16-2-1-13(19-8-15(25(30,31)32)20-21(33)34-11-35-38(19)20)7-14(16)22(39)36-18-10-37(9-17(18)27)23(40)12-3-5-24(28,29)6-4-12/h1-2,7-8,11-12,17-18H,3-6,9-10H2,(H,36,39)(H2,33,34,35)/t17-,18+/m0/s1. The van der Waals surface area contributed by atoms with Crippen molar-refractivity contribution in [1.82, 2.24) is 24.8 Å². The van der Waals surface area contributed by atoms with Crippen LogP contribution in [0.2, 0.25) is 5.02 Å². The van der Waals surface area contributed by atoms with Crippen LogP contribution < -0.4 is 11.1 Å². The van der Waals surface area contributed by atoms with Gasteiger partial charge in [0, 0.05) is 30.9 Å². The van der Waals surface area contributed by atoms with E-state index in [9.17, 15) is 35.9 Å². The van der Waals surface area contributed by atoms with E-state index >= 15 is 0 Å². The Hall–Kier alpha value is -3.55. The number of nitrogens with two attached hydrogens (primary N) is 1. The minimum Gasteiger partial charge on any atom is -0.382 e. The Kier molecular flexibility index (Phi) is 7.09. The maximum absolute atomic E-state index is 14.8. The number of anilines is 1. The summed E-state index contributed by atoms with van der Waals surface area (Å²) in [5.41, 5.74) is 4.13. The zero-order valence-corrected chi connectivity index (χ0v) is 21.4. The highest BCUT2D eigenvalue weighted by Gasteiger charge is 2.43. The van der Waals surface area contributed by atoms with E-state index in [1.807, 2.05) is 0 Å². The summed E-state index contributed by atoms with van der Waals surface area (Å²) in [7, 11) is 0. The van der Waals surface area contributed by atoms with Gasteiger partial charge in [-0.25, -0.2) is 22.7 Å². The zero-order chi connectivity index (χ0) is 29.0. The number of benzene rings is 1. The lowest BCUT2D eigenvalue weighted by atomic mass is 9.86. The molecule has 1 aliphatic carbocycles. The number of aromatic nitrogens is 3. The maximum Gasteiger partial charge on any atom is 0.418 e. The Morgan fingerprint density at radius 1 is 1.12 bits per heavy atom. The molecule has 3 aromatic rings. The van der Waals surface area contributed by atoms with Crippen LogP contribution in [0, 0.1) is 5.92 Å². The Morgan fingerprint density at radius 2 is 1.82 bits per heavy atom. The lowest BCUT2D eigenvalue weighted by Gasteiger charge is -2.30. The third-order valence-electron chi connectivity index (χ3n) is 7.34. The van der Waals surface area contributed by atoms with Gasteiger partial charge in [-0.3, -0.25) is 9.59 Å². The van der Waals surface area contributed by atoms with Crippen molar-refractivity contribution in [2.45, 2.75) is 50.0 Å². The van der Waals surface area contributed by atoms with Crippen LogP contribution in [0.1, 0.15) is 41.6 Å². The fourth-order valence-electron chi connectivity index (χ4n) is 5.22. The molecule has 2 aliphatic rings. The molecule has 2 aromatic heterocycles. The number of carbonyl (C=O) groups excluding carboxylic acids is 2. The summed E-state index contributed by atoms with van der Waals surface area (Å²) in [5.74, 6) is -5.08. The molecular formula is C25H23ClF6N6O2. The second-order valence-electron chi connectivity index (χ2n) is 10.0. The quantitative estimate of drug-likeness (QED) is 0.428. The largest absolute Gasteiger partial charge is 0.418 e. The molecule has 1 aromatic carbocycles. The number of carbonyl (C=O) groups is 2. The second kappa shape index (κ2) is 10.1. The number of nitrogen functional groups attached to an aromatic ring is 1. The number of fused-ring (bicyclic) bond motifs is 1. The Morgan fingerprint density at radius 3 is 2.50 bits per heavy atom. The van der Waals surface area contributed by atoms with E-state index in [-0.39, 0.29) is 47.8 Å². The summed E-state index contributed by atoms with van der Waals surface area (Å²) < 4.78 is 83.8. The van der Waals surface area contributed by atoms with Gasteiger partial charge in [0.05, 0.1) is 34.4 Å². The summed E-state index contributed by atoms with van der Waals surface area (Å²) in [4.78, 5) is 30.7. The van der Waals surface area contributed by atoms with Crippen LogP contribution >= 0.6 is 11.6 Å². The summed E-state index contributed by atoms with van der Waals surface area (Å²) in [6.45, 7) is -0.466. The summed E-state index contributed by atoms with van der Waals surface area (Å²) in [5, 5.41) is 6.33. The van der Waals surface area contributed by atoms with E-state index in [0.29, 0.717) is 0 Å². The molecule has 3 N–H and O–H groups in total. The van der Waals surface area contributed by atoms with Crippen LogP contribution in [0.25, 0.3) is 16.8 Å². The fourth-order valence-corrected chi connectivity index (χ4v) is 5.42. The van der Waals surface area contributed by atoms with Gasteiger partial charge in [-0.2, -0.15) is 18.3 Å². The van der Waals surface area contributed by atoms with Crippen molar-refractivity contribution in [3.8, 4) is 11.3 Å². The average Bonchev–Trinajstić information content (AvgIpc) is 3.46. The number of alkyl halides is 6. The van der Waals surface area contributed by atoms with Crippen molar-refractivity contribution >= 4 is 34.7 Å². The zero-order valence-electron chi connectivity index (χ0n) is 20.7. The van der Waals surface area contributed by atoms with Crippen molar-refractivity contribution < 1.29 is 35.9 Å². The van der Waals surface area contributed by atoms with E-state index in [0.717, 1.165) is 16.9 Å². The van der Waals surface area contributed by atoms with Crippen LogP contribution in [0.5, 0.6) is 0 Å². The van der Waals surface area contributed by atoms with Crippen molar-refractivity contribution in [3.05, 3.63) is 46.7 Å². The minimum absolute atomic E-state index is 0.000244. The highest BCUT2D eigenvalue weighted by atomic mass is 35.5. The molecule has 3 heterocycles. The first-order valence-corrected chi connectivity index (χ1v) is 12.7. The van der Waals surface area contributed by atoms with E-state index < -0.39 is 71.8 Å². The van der Waals surface area contributed by atoms with Gasteiger partial charge in [0.25, 0.3) is 5.91 Å². The predicted molar refractivity (Wildman–Crippen MR) is 132 cm³/mol. The Balaban J connectivity index is 1.36. The predicted octanol–water partition coefficient (Wildman–Crippen LogP) is 4.75. The molecule has 0 bridgehead atoms. The van der Waals surface area contributed by atoms with Crippen LogP contribution in [-0.2, 0) is 11.0 Å². The van der Waals surface area contributed by atoms with Gasteiger partial charge >= 0.3 is 6.18 Å². The molecule has 0 radical (unpaired) electrons. The van der Waals surface area contributed by atoms with E-state index in [1.165, 1.54) is 23.1 Å². The normalized spacial score (nSPS) is 21.6. The molecule has 5 rings (SSSR count). The highest BCUT2D eigenvalue weighted by molar-refractivity contribution is 6.34. The smallest absolute Gasteiger partial charge is 0.382 e. The molecule has 15 heteroatoms. The minimum atomic E-state index is -4.77. The Labute approximate surface area is 228 Å². The fraction of sp³-hybridized carbons (Fsp3) is 0.440. The van der Waals surface area contributed by atoms with Gasteiger partial charge in [0.15, 0.2) is 5.82 Å². The first-order valence-electron chi connectivity index (χ1n) is 12.4. The number of hydrogen-bond donors (Lipinski definition) is 2. The number of likely N-dealkylation sites (tertiary alicyclic amines) is 1. The van der Waals surface area contributed by atoms with Gasteiger partial charge in [0.2, 0.25) is 11.8 Å². The van der Waals surface area contributed by atoms with Gasteiger partial charge in [0.1, 0.15) is 18.0 Å². The van der Waals surface area contributed by atoms with Gasteiger partial charge in [-0.15, -0.1) is 0 Å². The number of nitrogens with one attached hydrogen (secondary N) is 1. The third kappa shape index (κ3) is 5.28. The van der Waals surface area contributed by atoms with Crippen LogP contribution in [-0.4, -0.2) is 62.5 Å². The maximum atomic E-state index is 14.8. The monoisotopic (exact) mass is 588 g/mol. The number of hydrogen-bond acceptors (Lipinski definition) is 5. The third-order valence-corrected chi connectivity index (χ3v) is 7.67. The van der Waals surface area contributed by atoms with Gasteiger partial charge < -0.3 is 16.0 Å². The molecule has 2 fully saturated rings. The SMILES string of the molecule is Nc1ncnn2c(-c3ccc(Cl)c(C(=O)N[C@@H]4CN(C(=O)C5CCC(F)(F)CC5)C[C@@H]4F)c3)cc(C(F)(F)F)c12. The summed E-state index contributed by atoms with van der Waals surface area (Å²) in [6.07, 6.45) is -6.22. The van der Waals surface area contributed by atoms with Crippen LogP contribution in [0.3, 0.4) is 0 Å². The molecule has 1 aliphatic heterocycles. The molecule has 2 amide bonds. The Bertz CT molecular complexity index is 1470. The first-order chi connectivity index (χ1) is 18.7. The number of amides is 2. The molecule has 40 heavy (non-hydrogen) atoms. The van der Waals surface area contributed by atoms with Crippen LogP contribution in [0.15, 0.2) is 30.6 Å². The molecular weight excluding hydrogens is 566 g/mol. The molecule has 2 atom stereocenters. The first kappa shape index (κ1) is 28.0. The van der Waals surface area contributed by atoms with Crippen molar-refractivity contribution in [2.24, 2.45) is 5.92 Å². The lowest BCUT2D eigenvalue weighted by molar-refractivity contribution is -0.139. The van der Waals surface area contributed by atoms with Gasteiger partial charge in [-0.1, -0.05) is 17.7 Å². The van der Waals surface area contributed by atoms with E-state index in [1.54, 1.807) is 0 Å². The second-order valence-corrected chi connectivity index (χ2v) is 10.4. The summed E-state index contributed by atoms with van der Waals surface area (Å²) in [6, 6.07) is 3.66. The van der Waals surface area contributed by atoms with E-state index in [2.05, 4.69) is 15.4 Å². The molecule has 1 saturated heterocycles. The number of halogens is 7. The van der Waals surface area contributed by atoms with Crippen molar-refractivity contribution in [2.75, 3.05) is 18.8 Å². The number of rotatable bonds is 4. The van der Waals surface area contributed by atoms with E-state index in [4.69, 9.17) is 17.3 Å². The molecule has 0 unspecified atom stereocenters. The molecule has 1 saturated carbocycles. The highest BCUT2D eigenvalue weighted by Crippen LogP contribution is 2.40. The van der Waals surface area contributed by atoms with Crippen LogP contribution in [0.4, 0.5) is 32.2 Å². The molecule has 0 spiro atoms. The number of nitrogens with zero attached hydrogens (tertiary/aromatic N) is 4. The summed E-state index contributed by atoms with van der Waals surface area (Å²) >= 11 is 6.21. The lowest BCUT2D eigenvalue weighted by Crippen LogP contribution is -2.43. The van der Waals surface area contributed by atoms with Crippen molar-refractivity contribution in [3.63, 3.8) is 0 Å². The van der Waals surface area contributed by atoms with Gasteiger partial charge in [-0.05, 0) is 31.0 Å².